The van der Waals surface area contributed by atoms with Crippen LogP contribution in [0.25, 0.3) is 0 Å². The number of hydrogen-bond acceptors (Lipinski definition) is 3. The van der Waals surface area contributed by atoms with Crippen LogP contribution in [0, 0.1) is 0 Å². The Bertz CT molecular complexity index is 865. The molecule has 0 aliphatic heterocycles. The molecule has 3 rings (SSSR count). The van der Waals surface area contributed by atoms with Crippen LogP contribution in [0.3, 0.4) is 0 Å². The lowest BCUT2D eigenvalue weighted by Crippen LogP contribution is -2.36. The lowest BCUT2D eigenvalue weighted by Gasteiger charge is -2.23. The van der Waals surface area contributed by atoms with Gasteiger partial charge in [0, 0.05) is 13.1 Å². The van der Waals surface area contributed by atoms with Crippen molar-refractivity contribution in [2.24, 2.45) is 0 Å². The van der Waals surface area contributed by atoms with Gasteiger partial charge in [0.15, 0.2) is 18.1 Å². The third-order valence-corrected chi connectivity index (χ3v) is 4.50. The summed E-state index contributed by atoms with van der Waals surface area (Å²) >= 11 is 0. The van der Waals surface area contributed by atoms with E-state index in [9.17, 15) is 4.79 Å². The van der Waals surface area contributed by atoms with Crippen LogP contribution in [0.4, 0.5) is 0 Å². The van der Waals surface area contributed by atoms with Crippen molar-refractivity contribution in [3.05, 3.63) is 96.1 Å². The molecule has 0 heterocycles. The number of benzene rings is 3. The highest BCUT2D eigenvalue weighted by molar-refractivity contribution is 5.78. The maximum absolute atomic E-state index is 12.9. The van der Waals surface area contributed by atoms with Crippen LogP contribution < -0.4 is 9.47 Å². The van der Waals surface area contributed by atoms with Crippen molar-refractivity contribution in [3.63, 3.8) is 0 Å². The standard InChI is InChI=1S/C24H25NO3/c1-27-22-14-8-9-15-23(22)28-19-24(26)25(18-21-12-6-3-7-13-21)17-16-20-10-4-2-5-11-20/h2-15H,16-19H2,1H3. The normalized spacial score (nSPS) is 10.3. The molecule has 0 aromatic heterocycles. The van der Waals surface area contributed by atoms with E-state index in [0.29, 0.717) is 24.6 Å². The van der Waals surface area contributed by atoms with E-state index in [0.717, 1.165) is 12.0 Å². The average molecular weight is 375 g/mol. The van der Waals surface area contributed by atoms with E-state index in [-0.39, 0.29) is 12.5 Å². The van der Waals surface area contributed by atoms with Gasteiger partial charge in [-0.2, -0.15) is 0 Å². The van der Waals surface area contributed by atoms with Gasteiger partial charge in [-0.25, -0.2) is 0 Å². The summed E-state index contributed by atoms with van der Waals surface area (Å²) in [7, 11) is 1.59. The highest BCUT2D eigenvalue weighted by Gasteiger charge is 2.16. The first-order valence-corrected chi connectivity index (χ1v) is 9.37. The van der Waals surface area contributed by atoms with E-state index >= 15 is 0 Å². The highest BCUT2D eigenvalue weighted by Crippen LogP contribution is 2.25. The van der Waals surface area contributed by atoms with Crippen LogP contribution in [0.1, 0.15) is 11.1 Å². The van der Waals surface area contributed by atoms with Crippen LogP contribution in [0.5, 0.6) is 11.5 Å². The van der Waals surface area contributed by atoms with Gasteiger partial charge in [0.2, 0.25) is 0 Å². The third-order valence-electron chi connectivity index (χ3n) is 4.50. The van der Waals surface area contributed by atoms with Crippen molar-refractivity contribution in [1.29, 1.82) is 0 Å². The van der Waals surface area contributed by atoms with Gasteiger partial charge < -0.3 is 14.4 Å². The Kier molecular flexibility index (Phi) is 7.08. The maximum Gasteiger partial charge on any atom is 0.260 e. The molecule has 4 nitrogen and oxygen atoms in total. The van der Waals surface area contributed by atoms with E-state index in [2.05, 4.69) is 12.1 Å². The van der Waals surface area contributed by atoms with Crippen molar-refractivity contribution in [2.75, 3.05) is 20.3 Å². The zero-order valence-corrected chi connectivity index (χ0v) is 16.1. The maximum atomic E-state index is 12.9. The van der Waals surface area contributed by atoms with Crippen molar-refractivity contribution in [1.82, 2.24) is 4.90 Å². The van der Waals surface area contributed by atoms with Crippen LogP contribution >= 0.6 is 0 Å². The molecule has 0 saturated carbocycles. The van der Waals surface area contributed by atoms with Gasteiger partial charge in [0.1, 0.15) is 0 Å². The Morgan fingerprint density at radius 3 is 2.00 bits per heavy atom. The average Bonchev–Trinajstić information content (AvgIpc) is 2.76. The number of ether oxygens (including phenoxy) is 2. The van der Waals surface area contributed by atoms with Crippen molar-refractivity contribution >= 4 is 5.91 Å². The summed E-state index contributed by atoms with van der Waals surface area (Å²) in [5.74, 6) is 1.14. The van der Waals surface area contributed by atoms with Gasteiger partial charge in [0.05, 0.1) is 7.11 Å². The molecule has 0 aliphatic carbocycles. The lowest BCUT2D eigenvalue weighted by atomic mass is 10.1. The number of hydrogen-bond donors (Lipinski definition) is 0. The molecule has 1 amide bonds. The smallest absolute Gasteiger partial charge is 0.260 e. The van der Waals surface area contributed by atoms with Crippen LogP contribution in [-0.2, 0) is 17.8 Å². The molecular formula is C24H25NO3. The zero-order chi connectivity index (χ0) is 19.6. The van der Waals surface area contributed by atoms with E-state index < -0.39 is 0 Å². The summed E-state index contributed by atoms with van der Waals surface area (Å²) in [5.41, 5.74) is 2.31. The van der Waals surface area contributed by atoms with Crippen LogP contribution in [0.15, 0.2) is 84.9 Å². The van der Waals surface area contributed by atoms with Gasteiger partial charge in [-0.05, 0) is 29.7 Å². The fourth-order valence-corrected chi connectivity index (χ4v) is 2.97. The number of para-hydroxylation sites is 2. The summed E-state index contributed by atoms with van der Waals surface area (Å²) in [6, 6.07) is 27.6. The molecule has 0 radical (unpaired) electrons. The number of amides is 1. The summed E-state index contributed by atoms with van der Waals surface area (Å²) in [6.45, 7) is 1.16. The molecule has 0 atom stereocenters. The van der Waals surface area contributed by atoms with Gasteiger partial charge in [-0.15, -0.1) is 0 Å². The second kappa shape index (κ2) is 10.2. The number of carbonyl (C=O) groups is 1. The van der Waals surface area contributed by atoms with Gasteiger partial charge in [0.25, 0.3) is 5.91 Å². The van der Waals surface area contributed by atoms with E-state index in [1.807, 2.05) is 71.6 Å². The molecule has 28 heavy (non-hydrogen) atoms. The summed E-state index contributed by atoms with van der Waals surface area (Å²) < 4.78 is 11.0. The minimum absolute atomic E-state index is 0.0258. The highest BCUT2D eigenvalue weighted by atomic mass is 16.5. The lowest BCUT2D eigenvalue weighted by molar-refractivity contribution is -0.134. The molecular weight excluding hydrogens is 350 g/mol. The molecule has 0 bridgehead atoms. The number of methoxy groups -OCH3 is 1. The summed E-state index contributed by atoms with van der Waals surface area (Å²) in [4.78, 5) is 14.7. The van der Waals surface area contributed by atoms with E-state index in [4.69, 9.17) is 9.47 Å². The van der Waals surface area contributed by atoms with Gasteiger partial charge in [-0.1, -0.05) is 72.8 Å². The molecule has 0 fully saturated rings. The first kappa shape index (κ1) is 19.5. The fraction of sp³-hybridized carbons (Fsp3) is 0.208. The predicted octanol–water partition coefficient (Wildman–Crippen LogP) is 4.35. The monoisotopic (exact) mass is 375 g/mol. The first-order valence-electron chi connectivity index (χ1n) is 9.37. The molecule has 4 heteroatoms. The summed E-state index contributed by atoms with van der Waals surface area (Å²) in [5, 5.41) is 0. The molecule has 3 aromatic carbocycles. The molecule has 0 unspecified atom stereocenters. The van der Waals surface area contributed by atoms with E-state index in [1.54, 1.807) is 13.2 Å². The fourth-order valence-electron chi connectivity index (χ4n) is 2.97. The molecule has 0 N–H and O–H groups in total. The molecule has 0 aliphatic rings. The topological polar surface area (TPSA) is 38.8 Å². The Morgan fingerprint density at radius 1 is 0.786 bits per heavy atom. The van der Waals surface area contributed by atoms with Crippen molar-refractivity contribution < 1.29 is 14.3 Å². The largest absolute Gasteiger partial charge is 0.493 e. The van der Waals surface area contributed by atoms with Crippen molar-refractivity contribution in [2.45, 2.75) is 13.0 Å². The Hall–Kier alpha value is -3.27. The molecule has 0 spiro atoms. The molecule has 144 valence electrons. The van der Waals surface area contributed by atoms with Crippen LogP contribution in [-0.4, -0.2) is 31.1 Å². The van der Waals surface area contributed by atoms with Crippen LogP contribution in [0.2, 0.25) is 0 Å². The molecule has 0 saturated heterocycles. The number of carbonyl (C=O) groups excluding carboxylic acids is 1. The Morgan fingerprint density at radius 2 is 1.36 bits per heavy atom. The minimum Gasteiger partial charge on any atom is -0.493 e. The summed E-state index contributed by atoms with van der Waals surface area (Å²) in [6.07, 6.45) is 0.800. The second-order valence-corrected chi connectivity index (χ2v) is 6.48. The Labute approximate surface area is 166 Å². The Balaban J connectivity index is 1.66. The molecule has 3 aromatic rings. The van der Waals surface area contributed by atoms with Crippen molar-refractivity contribution in [3.8, 4) is 11.5 Å². The number of rotatable bonds is 9. The quantitative estimate of drug-likeness (QED) is 0.558. The SMILES string of the molecule is COc1ccccc1OCC(=O)N(CCc1ccccc1)Cc1ccccc1. The first-order chi connectivity index (χ1) is 13.8. The van der Waals surface area contributed by atoms with E-state index in [1.165, 1.54) is 5.56 Å². The van der Waals surface area contributed by atoms with Gasteiger partial charge in [-0.3, -0.25) is 4.79 Å². The second-order valence-electron chi connectivity index (χ2n) is 6.48. The third kappa shape index (κ3) is 5.61. The zero-order valence-electron chi connectivity index (χ0n) is 16.1. The number of nitrogens with zero attached hydrogens (tertiary/aromatic N) is 1. The minimum atomic E-state index is -0.0503. The predicted molar refractivity (Wildman–Crippen MR) is 110 cm³/mol. The van der Waals surface area contributed by atoms with Gasteiger partial charge >= 0.3 is 0 Å².